The molecule has 0 aliphatic heterocycles. The van der Waals surface area contributed by atoms with Crippen LogP contribution >= 0.6 is 11.6 Å². The summed E-state index contributed by atoms with van der Waals surface area (Å²) in [6.45, 7) is 3.67. The number of hydrogen-bond donors (Lipinski definition) is 2. The van der Waals surface area contributed by atoms with Crippen molar-refractivity contribution < 1.29 is 14.3 Å². The SMILES string of the molecule is COc1c(C)ncc(NC(=O)Nc2cnc(-n3nccn3)c(Cl)c2)c1[C@H](C)OC. The zero-order valence-electron chi connectivity index (χ0n) is 16.3. The van der Waals surface area contributed by atoms with Crippen LogP contribution in [0.3, 0.4) is 0 Å². The molecule has 3 aromatic heterocycles. The molecule has 0 bridgehead atoms. The van der Waals surface area contributed by atoms with Crippen LogP contribution in [-0.2, 0) is 4.74 Å². The summed E-state index contributed by atoms with van der Waals surface area (Å²) in [5, 5.41) is 13.7. The minimum Gasteiger partial charge on any atom is -0.494 e. The molecule has 2 amide bonds. The monoisotopic (exact) mass is 417 g/mol. The third-order valence-electron chi connectivity index (χ3n) is 4.15. The second kappa shape index (κ2) is 8.84. The van der Waals surface area contributed by atoms with Crippen molar-refractivity contribution in [2.75, 3.05) is 24.9 Å². The van der Waals surface area contributed by atoms with Gasteiger partial charge in [0.1, 0.15) is 5.75 Å². The average molecular weight is 418 g/mol. The minimum absolute atomic E-state index is 0.284. The van der Waals surface area contributed by atoms with Crippen molar-refractivity contribution in [1.29, 1.82) is 0 Å². The van der Waals surface area contributed by atoms with E-state index in [0.29, 0.717) is 34.2 Å². The topological polar surface area (TPSA) is 116 Å². The van der Waals surface area contributed by atoms with Crippen molar-refractivity contribution in [3.8, 4) is 11.6 Å². The Kier molecular flexibility index (Phi) is 6.25. The molecule has 0 fully saturated rings. The van der Waals surface area contributed by atoms with Crippen molar-refractivity contribution in [1.82, 2.24) is 25.0 Å². The molecule has 3 aromatic rings. The third-order valence-corrected chi connectivity index (χ3v) is 4.43. The Morgan fingerprint density at radius 2 is 1.90 bits per heavy atom. The number of urea groups is 1. The molecule has 3 rings (SSSR count). The van der Waals surface area contributed by atoms with Gasteiger partial charge in [-0.2, -0.15) is 10.2 Å². The third kappa shape index (κ3) is 4.44. The van der Waals surface area contributed by atoms with Crippen LogP contribution in [0.2, 0.25) is 5.02 Å². The summed E-state index contributed by atoms with van der Waals surface area (Å²) in [7, 11) is 3.12. The molecule has 0 saturated carbocycles. The number of methoxy groups -OCH3 is 2. The van der Waals surface area contributed by atoms with Crippen molar-refractivity contribution in [2.24, 2.45) is 0 Å². The standard InChI is InChI=1S/C18H20ClN7O3/c1-10-16(29-4)15(11(2)28-3)14(9-20-10)25-18(27)24-12-7-13(19)17(21-8-12)26-22-5-6-23-26/h5-9,11H,1-4H3,(H2,24,25,27)/t11-/m0/s1. The van der Waals surface area contributed by atoms with Gasteiger partial charge in [0.2, 0.25) is 0 Å². The van der Waals surface area contributed by atoms with Gasteiger partial charge in [0.05, 0.1) is 60.1 Å². The van der Waals surface area contributed by atoms with Crippen LogP contribution in [0.4, 0.5) is 16.2 Å². The van der Waals surface area contributed by atoms with Crippen LogP contribution in [0.1, 0.15) is 24.3 Å². The molecule has 1 atom stereocenters. The lowest BCUT2D eigenvalue weighted by Crippen LogP contribution is -2.21. The van der Waals surface area contributed by atoms with E-state index in [0.717, 1.165) is 0 Å². The van der Waals surface area contributed by atoms with Crippen LogP contribution in [0.15, 0.2) is 30.9 Å². The molecule has 29 heavy (non-hydrogen) atoms. The number of hydrogen-bond acceptors (Lipinski definition) is 7. The first-order valence-electron chi connectivity index (χ1n) is 8.61. The molecule has 152 valence electrons. The van der Waals surface area contributed by atoms with Crippen molar-refractivity contribution in [2.45, 2.75) is 20.0 Å². The molecule has 0 unspecified atom stereocenters. The van der Waals surface area contributed by atoms with Crippen LogP contribution in [-0.4, -0.2) is 45.2 Å². The largest absolute Gasteiger partial charge is 0.494 e. The zero-order chi connectivity index (χ0) is 21.0. The van der Waals surface area contributed by atoms with Crippen molar-refractivity contribution in [3.63, 3.8) is 0 Å². The first kappa shape index (κ1) is 20.5. The van der Waals surface area contributed by atoms with Gasteiger partial charge in [-0.15, -0.1) is 4.80 Å². The number of ether oxygens (including phenoxy) is 2. The summed E-state index contributed by atoms with van der Waals surface area (Å²) in [6.07, 6.45) is 5.72. The number of aryl methyl sites for hydroxylation is 1. The van der Waals surface area contributed by atoms with Crippen LogP contribution in [0, 0.1) is 6.92 Å². The van der Waals surface area contributed by atoms with Crippen LogP contribution in [0.5, 0.6) is 5.75 Å². The number of rotatable bonds is 6. The van der Waals surface area contributed by atoms with Gasteiger partial charge < -0.3 is 20.1 Å². The minimum atomic E-state index is -0.495. The molecule has 0 aromatic carbocycles. The first-order valence-corrected chi connectivity index (χ1v) is 8.99. The van der Waals surface area contributed by atoms with E-state index < -0.39 is 6.03 Å². The summed E-state index contributed by atoms with van der Waals surface area (Å²) < 4.78 is 10.9. The fraction of sp³-hybridized carbons (Fsp3) is 0.278. The van der Waals surface area contributed by atoms with Crippen LogP contribution < -0.4 is 15.4 Å². The smallest absolute Gasteiger partial charge is 0.323 e. The normalized spacial score (nSPS) is 11.8. The Labute approximate surface area is 172 Å². The van der Waals surface area contributed by atoms with E-state index in [2.05, 4.69) is 30.8 Å². The maximum absolute atomic E-state index is 12.5. The van der Waals surface area contributed by atoms with Gasteiger partial charge in [-0.25, -0.2) is 9.78 Å². The second-order valence-corrected chi connectivity index (χ2v) is 6.42. The Hall–Kier alpha value is -3.24. The quantitative estimate of drug-likeness (QED) is 0.631. The van der Waals surface area contributed by atoms with E-state index in [1.54, 1.807) is 26.5 Å². The first-order chi connectivity index (χ1) is 13.9. The fourth-order valence-electron chi connectivity index (χ4n) is 2.74. The van der Waals surface area contributed by atoms with Gasteiger partial charge in [-0.1, -0.05) is 11.6 Å². The molecule has 0 aliphatic carbocycles. The summed E-state index contributed by atoms with van der Waals surface area (Å²) in [5.41, 5.74) is 2.25. The van der Waals surface area contributed by atoms with E-state index in [9.17, 15) is 4.79 Å². The van der Waals surface area contributed by atoms with Gasteiger partial charge in [0.15, 0.2) is 5.82 Å². The van der Waals surface area contributed by atoms with Gasteiger partial charge >= 0.3 is 6.03 Å². The molecular weight excluding hydrogens is 398 g/mol. The summed E-state index contributed by atoms with van der Waals surface area (Å²) >= 11 is 6.23. The number of pyridine rings is 2. The predicted octanol–water partition coefficient (Wildman–Crippen LogP) is 3.38. The average Bonchev–Trinajstić information content (AvgIpc) is 3.23. The lowest BCUT2D eigenvalue weighted by molar-refractivity contribution is 0.117. The number of carbonyl (C=O) groups is 1. The summed E-state index contributed by atoms with van der Waals surface area (Å²) in [4.78, 5) is 22.3. The Morgan fingerprint density at radius 1 is 1.17 bits per heavy atom. The second-order valence-electron chi connectivity index (χ2n) is 6.01. The molecule has 3 heterocycles. The number of anilines is 2. The Balaban J connectivity index is 1.80. The Bertz CT molecular complexity index is 1010. The van der Waals surface area contributed by atoms with E-state index in [4.69, 9.17) is 21.1 Å². The Morgan fingerprint density at radius 3 is 2.52 bits per heavy atom. The van der Waals surface area contributed by atoms with E-state index in [1.165, 1.54) is 23.4 Å². The molecule has 0 aliphatic rings. The van der Waals surface area contributed by atoms with E-state index in [1.807, 2.05) is 13.8 Å². The lowest BCUT2D eigenvalue weighted by atomic mass is 10.1. The summed E-state index contributed by atoms with van der Waals surface area (Å²) in [5.74, 6) is 0.907. The lowest BCUT2D eigenvalue weighted by Gasteiger charge is -2.20. The molecule has 11 heteroatoms. The molecular formula is C18H20ClN7O3. The maximum atomic E-state index is 12.5. The number of nitrogens with one attached hydrogen (secondary N) is 2. The number of carbonyl (C=O) groups excluding carboxylic acids is 1. The number of nitrogens with zero attached hydrogens (tertiary/aromatic N) is 5. The maximum Gasteiger partial charge on any atom is 0.323 e. The van der Waals surface area contributed by atoms with Gasteiger partial charge in [0, 0.05) is 12.7 Å². The highest BCUT2D eigenvalue weighted by Crippen LogP contribution is 2.35. The van der Waals surface area contributed by atoms with Gasteiger partial charge in [0.25, 0.3) is 0 Å². The number of aromatic nitrogens is 5. The highest BCUT2D eigenvalue weighted by atomic mass is 35.5. The van der Waals surface area contributed by atoms with Crippen molar-refractivity contribution in [3.05, 3.63) is 47.1 Å². The molecule has 0 spiro atoms. The van der Waals surface area contributed by atoms with Crippen LogP contribution in [0.25, 0.3) is 5.82 Å². The van der Waals surface area contributed by atoms with E-state index in [-0.39, 0.29) is 11.1 Å². The van der Waals surface area contributed by atoms with E-state index >= 15 is 0 Å². The highest BCUT2D eigenvalue weighted by Gasteiger charge is 2.20. The zero-order valence-corrected chi connectivity index (χ0v) is 17.1. The van der Waals surface area contributed by atoms with Crippen molar-refractivity contribution >= 4 is 29.0 Å². The molecule has 0 saturated heterocycles. The van der Waals surface area contributed by atoms with Gasteiger partial charge in [-0.05, 0) is 19.9 Å². The number of amides is 2. The molecule has 10 nitrogen and oxygen atoms in total. The summed E-state index contributed by atoms with van der Waals surface area (Å²) in [6, 6.07) is 1.06. The predicted molar refractivity (Wildman–Crippen MR) is 108 cm³/mol. The van der Waals surface area contributed by atoms with Gasteiger partial charge in [-0.3, -0.25) is 4.98 Å². The number of halogens is 1. The molecule has 0 radical (unpaired) electrons. The fourth-order valence-corrected chi connectivity index (χ4v) is 2.98. The highest BCUT2D eigenvalue weighted by molar-refractivity contribution is 6.32. The molecule has 2 N–H and O–H groups in total.